The summed E-state index contributed by atoms with van der Waals surface area (Å²) in [4.78, 5) is 37.4. The molecule has 7 nitrogen and oxygen atoms in total. The zero-order valence-corrected chi connectivity index (χ0v) is 14.9. The zero-order valence-electron chi connectivity index (χ0n) is 13.3. The van der Waals surface area contributed by atoms with Gasteiger partial charge in [-0.2, -0.15) is 0 Å². The monoisotopic (exact) mass is 398 g/mol. The molecule has 1 aliphatic rings. The molecule has 0 bridgehead atoms. The minimum atomic E-state index is -0.889. The number of morpholine rings is 1. The van der Waals surface area contributed by atoms with Crippen molar-refractivity contribution in [3.05, 3.63) is 34.3 Å². The van der Waals surface area contributed by atoms with Gasteiger partial charge in [0.25, 0.3) is 11.8 Å². The maximum atomic E-state index is 12.1. The molecule has 1 aromatic carbocycles. The molecule has 1 aliphatic heterocycles. The lowest BCUT2D eigenvalue weighted by molar-refractivity contribution is -0.160. The van der Waals surface area contributed by atoms with Crippen molar-refractivity contribution < 1.29 is 23.9 Å². The fraction of sp³-hybridized carbons (Fsp3) is 0.438. The maximum Gasteiger partial charge on any atom is 0.326 e. The van der Waals surface area contributed by atoms with Gasteiger partial charge in [-0.25, -0.2) is 0 Å². The molecule has 0 aliphatic carbocycles. The molecule has 2 amide bonds. The number of hydrogen-bond acceptors (Lipinski definition) is 5. The van der Waals surface area contributed by atoms with E-state index in [9.17, 15) is 14.4 Å². The number of carbonyl (C=O) groups excluding carboxylic acids is 3. The van der Waals surface area contributed by atoms with Gasteiger partial charge in [-0.3, -0.25) is 14.4 Å². The molecule has 1 aromatic rings. The smallest absolute Gasteiger partial charge is 0.326 e. The fourth-order valence-electron chi connectivity index (χ4n) is 2.19. The fourth-order valence-corrected chi connectivity index (χ4v) is 2.45. The Labute approximate surface area is 148 Å². The second-order valence-corrected chi connectivity index (χ2v) is 6.17. The molecular weight excluding hydrogens is 380 g/mol. The van der Waals surface area contributed by atoms with Crippen LogP contribution in [-0.2, 0) is 19.1 Å². The maximum absolute atomic E-state index is 12.1. The summed E-state index contributed by atoms with van der Waals surface area (Å²) < 4.78 is 11.1. The lowest BCUT2D eigenvalue weighted by Crippen LogP contribution is -2.46. The molecule has 24 heavy (non-hydrogen) atoms. The van der Waals surface area contributed by atoms with Crippen molar-refractivity contribution in [1.82, 2.24) is 10.2 Å². The molecule has 1 unspecified atom stereocenters. The standard InChI is InChI=1S/C16H19BrN2O5/c1-11(16(22)19-6-8-23-9-7-19)24-14(20)10-18-15(21)12-2-4-13(17)5-3-12/h2-5,11H,6-10H2,1H3,(H,18,21). The summed E-state index contributed by atoms with van der Waals surface area (Å²) in [7, 11) is 0. The summed E-state index contributed by atoms with van der Waals surface area (Å²) in [6.45, 7) is 3.16. The van der Waals surface area contributed by atoms with Crippen molar-refractivity contribution in [3.8, 4) is 0 Å². The van der Waals surface area contributed by atoms with Crippen molar-refractivity contribution in [2.24, 2.45) is 0 Å². The summed E-state index contributed by atoms with van der Waals surface area (Å²) in [6.07, 6.45) is -0.889. The van der Waals surface area contributed by atoms with Crippen molar-refractivity contribution in [1.29, 1.82) is 0 Å². The third-order valence-corrected chi connectivity index (χ3v) is 4.01. The molecule has 2 rings (SSSR count). The van der Waals surface area contributed by atoms with E-state index in [2.05, 4.69) is 21.2 Å². The number of carbonyl (C=O) groups is 3. The van der Waals surface area contributed by atoms with Gasteiger partial charge in [0.2, 0.25) is 0 Å². The average Bonchev–Trinajstić information content (AvgIpc) is 2.60. The van der Waals surface area contributed by atoms with E-state index in [1.807, 2.05) is 0 Å². The van der Waals surface area contributed by atoms with Crippen molar-refractivity contribution >= 4 is 33.7 Å². The number of nitrogens with one attached hydrogen (secondary N) is 1. The predicted molar refractivity (Wildman–Crippen MR) is 89.4 cm³/mol. The van der Waals surface area contributed by atoms with Gasteiger partial charge in [-0.1, -0.05) is 15.9 Å². The van der Waals surface area contributed by atoms with E-state index in [4.69, 9.17) is 9.47 Å². The van der Waals surface area contributed by atoms with Crippen LogP contribution in [-0.4, -0.2) is 61.6 Å². The van der Waals surface area contributed by atoms with Crippen LogP contribution in [0.3, 0.4) is 0 Å². The van der Waals surface area contributed by atoms with E-state index in [0.29, 0.717) is 31.9 Å². The van der Waals surface area contributed by atoms with Gasteiger partial charge in [0.1, 0.15) is 6.54 Å². The summed E-state index contributed by atoms with van der Waals surface area (Å²) >= 11 is 3.28. The molecule has 8 heteroatoms. The lowest BCUT2D eigenvalue weighted by Gasteiger charge is -2.28. The Kier molecular flexibility index (Phi) is 6.74. The highest BCUT2D eigenvalue weighted by Gasteiger charge is 2.25. The number of nitrogens with zero attached hydrogens (tertiary/aromatic N) is 1. The van der Waals surface area contributed by atoms with Crippen LogP contribution in [0.25, 0.3) is 0 Å². The molecule has 1 saturated heterocycles. The normalized spacial score (nSPS) is 15.5. The van der Waals surface area contributed by atoms with Gasteiger partial charge in [-0.15, -0.1) is 0 Å². The minimum absolute atomic E-state index is 0.258. The lowest BCUT2D eigenvalue weighted by atomic mass is 10.2. The van der Waals surface area contributed by atoms with Gasteiger partial charge in [0, 0.05) is 23.1 Å². The first-order chi connectivity index (χ1) is 11.5. The number of amides is 2. The Morgan fingerprint density at radius 1 is 1.25 bits per heavy atom. The van der Waals surface area contributed by atoms with Crippen LogP contribution in [0.5, 0.6) is 0 Å². The second kappa shape index (κ2) is 8.79. The van der Waals surface area contributed by atoms with E-state index in [1.165, 1.54) is 6.92 Å². The molecular formula is C16H19BrN2O5. The highest BCUT2D eigenvalue weighted by atomic mass is 79.9. The molecule has 0 saturated carbocycles. The number of ether oxygens (including phenoxy) is 2. The number of benzene rings is 1. The number of rotatable bonds is 5. The summed E-state index contributed by atoms with van der Waals surface area (Å²) in [6, 6.07) is 6.73. The topological polar surface area (TPSA) is 84.9 Å². The van der Waals surface area contributed by atoms with Crippen LogP contribution in [0.4, 0.5) is 0 Å². The summed E-state index contributed by atoms with van der Waals surface area (Å²) in [5.74, 6) is -1.30. The first-order valence-electron chi connectivity index (χ1n) is 7.57. The van der Waals surface area contributed by atoms with Crippen molar-refractivity contribution in [2.75, 3.05) is 32.8 Å². The van der Waals surface area contributed by atoms with E-state index in [1.54, 1.807) is 29.2 Å². The van der Waals surface area contributed by atoms with E-state index < -0.39 is 12.1 Å². The van der Waals surface area contributed by atoms with Crippen LogP contribution in [0, 0.1) is 0 Å². The van der Waals surface area contributed by atoms with Gasteiger partial charge < -0.3 is 19.7 Å². The Balaban J connectivity index is 1.76. The van der Waals surface area contributed by atoms with Crippen LogP contribution in [0.15, 0.2) is 28.7 Å². The molecule has 0 aromatic heterocycles. The van der Waals surface area contributed by atoms with Gasteiger partial charge in [-0.05, 0) is 31.2 Å². The molecule has 1 fully saturated rings. The van der Waals surface area contributed by atoms with Gasteiger partial charge in [0.15, 0.2) is 6.10 Å². The van der Waals surface area contributed by atoms with Crippen LogP contribution in [0.2, 0.25) is 0 Å². The Bertz CT molecular complexity index is 599. The van der Waals surface area contributed by atoms with Crippen molar-refractivity contribution in [2.45, 2.75) is 13.0 Å². The van der Waals surface area contributed by atoms with Gasteiger partial charge in [0.05, 0.1) is 13.2 Å². The number of esters is 1. The van der Waals surface area contributed by atoms with Crippen LogP contribution in [0.1, 0.15) is 17.3 Å². The molecule has 1 atom stereocenters. The minimum Gasteiger partial charge on any atom is -0.451 e. The molecule has 1 heterocycles. The third-order valence-electron chi connectivity index (χ3n) is 3.48. The Morgan fingerprint density at radius 2 is 1.88 bits per heavy atom. The molecule has 0 spiro atoms. The molecule has 130 valence electrons. The third kappa shape index (κ3) is 5.31. The first kappa shape index (κ1) is 18.4. The average molecular weight is 399 g/mol. The quantitative estimate of drug-likeness (QED) is 0.746. The van der Waals surface area contributed by atoms with E-state index in [-0.39, 0.29) is 18.4 Å². The van der Waals surface area contributed by atoms with Gasteiger partial charge >= 0.3 is 5.97 Å². The zero-order chi connectivity index (χ0) is 17.5. The largest absolute Gasteiger partial charge is 0.451 e. The SMILES string of the molecule is CC(OC(=O)CNC(=O)c1ccc(Br)cc1)C(=O)N1CCOCC1. The molecule has 0 radical (unpaired) electrons. The Morgan fingerprint density at radius 3 is 2.50 bits per heavy atom. The van der Waals surface area contributed by atoms with Crippen molar-refractivity contribution in [3.63, 3.8) is 0 Å². The van der Waals surface area contributed by atoms with E-state index >= 15 is 0 Å². The molecule has 1 N–H and O–H groups in total. The number of hydrogen-bond donors (Lipinski definition) is 1. The number of halogens is 1. The Hall–Kier alpha value is -1.93. The first-order valence-corrected chi connectivity index (χ1v) is 8.36. The van der Waals surface area contributed by atoms with Crippen LogP contribution < -0.4 is 5.32 Å². The highest BCUT2D eigenvalue weighted by molar-refractivity contribution is 9.10. The predicted octanol–water partition coefficient (Wildman–Crippen LogP) is 0.969. The van der Waals surface area contributed by atoms with E-state index in [0.717, 1.165) is 4.47 Å². The summed E-state index contributed by atoms with van der Waals surface area (Å²) in [5.41, 5.74) is 0.434. The highest BCUT2D eigenvalue weighted by Crippen LogP contribution is 2.10. The summed E-state index contributed by atoms with van der Waals surface area (Å²) in [5, 5.41) is 2.47. The second-order valence-electron chi connectivity index (χ2n) is 5.26. The van der Waals surface area contributed by atoms with Crippen LogP contribution >= 0.6 is 15.9 Å².